The van der Waals surface area contributed by atoms with Crippen LogP contribution in [0.25, 0.3) is 10.2 Å². The minimum absolute atomic E-state index is 0.101. The van der Waals surface area contributed by atoms with E-state index >= 15 is 0 Å². The van der Waals surface area contributed by atoms with Crippen molar-refractivity contribution in [2.24, 2.45) is 0 Å². The molecule has 0 unspecified atom stereocenters. The van der Waals surface area contributed by atoms with E-state index in [-0.39, 0.29) is 5.91 Å². The van der Waals surface area contributed by atoms with Gasteiger partial charge in [-0.2, -0.15) is 0 Å². The van der Waals surface area contributed by atoms with Gasteiger partial charge in [-0.25, -0.2) is 4.98 Å². The highest BCUT2D eigenvalue weighted by Gasteiger charge is 2.20. The third kappa shape index (κ3) is 5.13. The van der Waals surface area contributed by atoms with Gasteiger partial charge in [0.2, 0.25) is 5.91 Å². The van der Waals surface area contributed by atoms with Crippen LogP contribution in [0.15, 0.2) is 47.4 Å². The fraction of sp³-hybridized carbons (Fsp3) is 0.364. The maximum atomic E-state index is 13.1. The SMILES string of the molecule is CCc1cccc2sc(N(CCN(C)C)C(=O)CSc3ccc(C)cc3)nc12. The molecule has 148 valence electrons. The molecule has 3 rings (SSSR count). The Morgan fingerprint density at radius 2 is 1.86 bits per heavy atom. The summed E-state index contributed by atoms with van der Waals surface area (Å²) in [6.07, 6.45) is 0.940. The van der Waals surface area contributed by atoms with E-state index in [0.29, 0.717) is 12.3 Å². The van der Waals surface area contributed by atoms with Crippen LogP contribution in [0.5, 0.6) is 0 Å². The molecule has 4 nitrogen and oxygen atoms in total. The number of aromatic nitrogens is 1. The van der Waals surface area contributed by atoms with Crippen molar-refractivity contribution in [2.75, 3.05) is 37.8 Å². The summed E-state index contributed by atoms with van der Waals surface area (Å²) >= 11 is 3.19. The number of nitrogens with zero attached hydrogens (tertiary/aromatic N) is 3. The molecule has 1 aromatic heterocycles. The standard InChI is InChI=1S/C22H27N3OS2/c1-5-17-7-6-8-19-21(17)23-22(28-19)25(14-13-24(3)4)20(26)15-27-18-11-9-16(2)10-12-18/h6-12H,5,13-15H2,1-4H3. The number of carbonyl (C=O) groups is 1. The molecule has 6 heteroatoms. The molecule has 1 heterocycles. The molecule has 3 aromatic rings. The summed E-state index contributed by atoms with van der Waals surface area (Å²) in [7, 11) is 4.05. The van der Waals surface area contributed by atoms with Gasteiger partial charge < -0.3 is 4.90 Å². The Labute approximate surface area is 175 Å². The summed E-state index contributed by atoms with van der Waals surface area (Å²) in [4.78, 5) is 23.0. The molecule has 0 atom stereocenters. The van der Waals surface area contributed by atoms with E-state index in [1.54, 1.807) is 23.1 Å². The van der Waals surface area contributed by atoms with Gasteiger partial charge in [0.05, 0.1) is 16.0 Å². The highest BCUT2D eigenvalue weighted by Crippen LogP contribution is 2.31. The van der Waals surface area contributed by atoms with Gasteiger partial charge in [0, 0.05) is 18.0 Å². The van der Waals surface area contributed by atoms with Crippen LogP contribution >= 0.6 is 23.1 Å². The maximum absolute atomic E-state index is 13.1. The highest BCUT2D eigenvalue weighted by molar-refractivity contribution is 8.00. The molecule has 1 amide bonds. The summed E-state index contributed by atoms with van der Waals surface area (Å²) in [6, 6.07) is 14.6. The van der Waals surface area contributed by atoms with Crippen molar-refractivity contribution in [2.45, 2.75) is 25.2 Å². The average molecular weight is 414 g/mol. The third-order valence-corrected chi connectivity index (χ3v) is 6.60. The van der Waals surface area contributed by atoms with Gasteiger partial charge in [0.15, 0.2) is 5.13 Å². The Morgan fingerprint density at radius 3 is 2.54 bits per heavy atom. The van der Waals surface area contributed by atoms with E-state index in [2.05, 4.69) is 61.2 Å². The lowest BCUT2D eigenvalue weighted by Gasteiger charge is -2.21. The van der Waals surface area contributed by atoms with Crippen molar-refractivity contribution >= 4 is 44.4 Å². The van der Waals surface area contributed by atoms with Crippen molar-refractivity contribution in [1.29, 1.82) is 0 Å². The van der Waals surface area contributed by atoms with Gasteiger partial charge in [0.25, 0.3) is 0 Å². The second kappa shape index (κ2) is 9.54. The summed E-state index contributed by atoms with van der Waals surface area (Å²) < 4.78 is 1.14. The number of thiazole rings is 1. The molecule has 0 fully saturated rings. The second-order valence-corrected chi connectivity index (χ2v) is 9.12. The lowest BCUT2D eigenvalue weighted by Crippen LogP contribution is -2.37. The second-order valence-electron chi connectivity index (χ2n) is 7.06. The van der Waals surface area contributed by atoms with Crippen LogP contribution in [0.2, 0.25) is 0 Å². The van der Waals surface area contributed by atoms with Crippen LogP contribution in [-0.2, 0) is 11.2 Å². The molecule has 0 bridgehead atoms. The molecule has 0 radical (unpaired) electrons. The minimum atomic E-state index is 0.101. The molecule has 2 aromatic carbocycles. The number of benzene rings is 2. The predicted octanol–water partition coefficient (Wildman–Crippen LogP) is 4.85. The van der Waals surface area contributed by atoms with Gasteiger partial charge in [-0.3, -0.25) is 9.69 Å². The molecule has 0 aliphatic carbocycles. The normalized spacial score (nSPS) is 11.3. The first-order valence-corrected chi connectivity index (χ1v) is 11.3. The van der Waals surface area contributed by atoms with Crippen molar-refractivity contribution in [3.8, 4) is 0 Å². The van der Waals surface area contributed by atoms with Crippen molar-refractivity contribution in [3.05, 3.63) is 53.6 Å². The van der Waals surface area contributed by atoms with Crippen molar-refractivity contribution in [3.63, 3.8) is 0 Å². The van der Waals surface area contributed by atoms with Gasteiger partial charge in [-0.1, -0.05) is 48.1 Å². The Balaban J connectivity index is 1.81. The number of fused-ring (bicyclic) bond motifs is 1. The number of hydrogen-bond donors (Lipinski definition) is 0. The monoisotopic (exact) mass is 413 g/mol. The predicted molar refractivity (Wildman–Crippen MR) is 122 cm³/mol. The molecule has 0 spiro atoms. The van der Waals surface area contributed by atoms with Gasteiger partial charge >= 0.3 is 0 Å². The zero-order valence-corrected chi connectivity index (χ0v) is 18.6. The average Bonchev–Trinajstić information content (AvgIpc) is 3.11. The fourth-order valence-corrected chi connectivity index (χ4v) is 4.71. The van der Waals surface area contributed by atoms with E-state index in [9.17, 15) is 4.79 Å². The summed E-state index contributed by atoms with van der Waals surface area (Å²) in [5, 5.41) is 0.798. The van der Waals surface area contributed by atoms with Crippen LogP contribution < -0.4 is 4.90 Å². The molecular weight excluding hydrogens is 386 g/mol. The number of amides is 1. The van der Waals surface area contributed by atoms with Crippen LogP contribution in [0.3, 0.4) is 0 Å². The number of aryl methyl sites for hydroxylation is 2. The topological polar surface area (TPSA) is 36.4 Å². The Hall–Kier alpha value is -1.89. The number of likely N-dealkylation sites (N-methyl/N-ethyl adjacent to an activating group) is 1. The van der Waals surface area contributed by atoms with Crippen LogP contribution in [-0.4, -0.2) is 48.7 Å². The molecule has 0 saturated heterocycles. The van der Waals surface area contributed by atoms with Crippen molar-refractivity contribution in [1.82, 2.24) is 9.88 Å². The molecule has 0 aliphatic heterocycles. The van der Waals surface area contributed by atoms with E-state index in [1.807, 2.05) is 19.0 Å². The first-order chi connectivity index (χ1) is 13.5. The van der Waals surface area contributed by atoms with Crippen LogP contribution in [0.1, 0.15) is 18.1 Å². The lowest BCUT2D eigenvalue weighted by molar-refractivity contribution is -0.116. The summed E-state index contributed by atoms with van der Waals surface area (Å²) in [5.41, 5.74) is 3.48. The first-order valence-electron chi connectivity index (χ1n) is 9.51. The quantitative estimate of drug-likeness (QED) is 0.495. The number of para-hydroxylation sites is 1. The van der Waals surface area contributed by atoms with E-state index in [0.717, 1.165) is 33.2 Å². The molecule has 0 N–H and O–H groups in total. The first kappa shape index (κ1) is 20.8. The smallest absolute Gasteiger partial charge is 0.239 e. The third-order valence-electron chi connectivity index (χ3n) is 4.56. The molecular formula is C22H27N3OS2. The number of hydrogen-bond acceptors (Lipinski definition) is 5. The minimum Gasteiger partial charge on any atom is -0.308 e. The fourth-order valence-electron chi connectivity index (χ4n) is 2.88. The van der Waals surface area contributed by atoms with E-state index < -0.39 is 0 Å². The zero-order valence-electron chi connectivity index (χ0n) is 16.9. The van der Waals surface area contributed by atoms with Gasteiger partial charge in [-0.15, -0.1) is 11.8 Å². The van der Waals surface area contributed by atoms with Crippen LogP contribution in [0, 0.1) is 6.92 Å². The zero-order chi connectivity index (χ0) is 20.1. The number of anilines is 1. The van der Waals surface area contributed by atoms with Gasteiger partial charge in [-0.05, 0) is 51.2 Å². The Morgan fingerprint density at radius 1 is 1.11 bits per heavy atom. The summed E-state index contributed by atoms with van der Waals surface area (Å²) in [6.45, 7) is 5.65. The Kier molecular flexibility index (Phi) is 7.10. The molecule has 0 saturated carbocycles. The lowest BCUT2D eigenvalue weighted by atomic mass is 10.1. The molecule has 0 aliphatic rings. The number of rotatable bonds is 8. The van der Waals surface area contributed by atoms with Crippen molar-refractivity contribution < 1.29 is 4.79 Å². The maximum Gasteiger partial charge on any atom is 0.239 e. The summed E-state index contributed by atoms with van der Waals surface area (Å²) in [5.74, 6) is 0.511. The number of carbonyl (C=O) groups excluding carboxylic acids is 1. The number of thioether (sulfide) groups is 1. The van der Waals surface area contributed by atoms with Crippen LogP contribution in [0.4, 0.5) is 5.13 Å². The highest BCUT2D eigenvalue weighted by atomic mass is 32.2. The van der Waals surface area contributed by atoms with Gasteiger partial charge in [0.1, 0.15) is 0 Å². The largest absolute Gasteiger partial charge is 0.308 e. The molecule has 28 heavy (non-hydrogen) atoms. The van der Waals surface area contributed by atoms with E-state index in [1.165, 1.54) is 11.1 Å². The Bertz CT molecular complexity index is 935. The van der Waals surface area contributed by atoms with E-state index in [4.69, 9.17) is 4.98 Å².